The van der Waals surface area contributed by atoms with Crippen LogP contribution in [0.15, 0.2) is 157 Å². The molecule has 0 amide bonds. The lowest BCUT2D eigenvalue weighted by molar-refractivity contribution is 1.64. The molecule has 0 unspecified atom stereocenters. The van der Waals surface area contributed by atoms with Gasteiger partial charge in [0.05, 0.1) is 28.8 Å². The highest BCUT2D eigenvalue weighted by Gasteiger charge is 2.18. The first-order valence-corrected chi connectivity index (χ1v) is 12.2. The van der Waals surface area contributed by atoms with Crippen LogP contribution in [0.2, 0.25) is 0 Å². The molecule has 0 aliphatic rings. The van der Waals surface area contributed by atoms with Crippen LogP contribution in [0, 0.1) is 0 Å². The molecule has 0 heteroatoms. The summed E-state index contributed by atoms with van der Waals surface area (Å²) in [5, 5.41) is -4.30. The van der Waals surface area contributed by atoms with Crippen molar-refractivity contribution >= 4 is 43.1 Å². The molecule has 40 heavy (non-hydrogen) atoms. The summed E-state index contributed by atoms with van der Waals surface area (Å²) in [5.41, 5.74) is -2.31. The third kappa shape index (κ3) is 3.61. The first kappa shape index (κ1) is 10.1. The quantitative estimate of drug-likeness (QED) is 0.200. The van der Waals surface area contributed by atoms with Crippen molar-refractivity contribution in [3.05, 3.63) is 157 Å². The van der Waals surface area contributed by atoms with E-state index in [1.165, 1.54) is 12.1 Å². The highest BCUT2D eigenvalue weighted by atomic mass is 14.2. The highest BCUT2D eigenvalue weighted by Crippen LogP contribution is 2.46. The summed E-state index contributed by atoms with van der Waals surface area (Å²) in [6.07, 6.45) is 0. The molecule has 0 aliphatic carbocycles. The van der Waals surface area contributed by atoms with Crippen LogP contribution < -0.4 is 0 Å². The van der Waals surface area contributed by atoms with E-state index in [0.717, 1.165) is 0 Å². The third-order valence-electron chi connectivity index (χ3n) is 6.62. The van der Waals surface area contributed by atoms with Gasteiger partial charge in [0.2, 0.25) is 0 Å². The molecular formula is C40H26. The maximum Gasteiger partial charge on any atom is 0.0636 e. The van der Waals surface area contributed by atoms with Gasteiger partial charge in [-0.15, -0.1) is 0 Å². The molecule has 0 fully saturated rings. The molecule has 0 atom stereocenters. The van der Waals surface area contributed by atoms with Gasteiger partial charge in [0.15, 0.2) is 0 Å². The fraction of sp³-hybridized carbons (Fsp3) is 0. The number of benzene rings is 8. The molecule has 0 aromatic heterocycles. The Morgan fingerprint density at radius 2 is 0.975 bits per heavy atom. The van der Waals surface area contributed by atoms with Gasteiger partial charge in [-0.3, -0.25) is 0 Å². The van der Waals surface area contributed by atoms with Gasteiger partial charge >= 0.3 is 0 Å². The van der Waals surface area contributed by atoms with Gasteiger partial charge in [-0.2, -0.15) is 0 Å². The standard InChI is InChI=1S/C40H26/c1-2-11-27(12-3-1)31-23-24-37-38(26-31)39(32-22-21-28-13-4-5-15-30(28)25-32)35-18-8-9-19-36(35)40(37)34-20-10-16-29-14-6-7-17-33(29)34/h1-26H/i4D,5D,6D,7D,8D,9D,10D,13D,14D,15D,16D,17D,18D,19D,20D,21D,22D,23D,24D,25D,26D. The second-order valence-electron chi connectivity index (χ2n) is 8.87. The van der Waals surface area contributed by atoms with Crippen LogP contribution in [-0.2, 0) is 0 Å². The molecule has 0 N–H and O–H groups in total. The van der Waals surface area contributed by atoms with Crippen molar-refractivity contribution < 1.29 is 28.8 Å². The minimum atomic E-state index is -0.888. The van der Waals surface area contributed by atoms with Crippen molar-refractivity contribution in [3.8, 4) is 33.4 Å². The van der Waals surface area contributed by atoms with Gasteiger partial charge in [-0.05, 0) is 88.6 Å². The minimum Gasteiger partial charge on any atom is -0.0622 e. The number of hydrogen-bond acceptors (Lipinski definition) is 0. The second-order valence-corrected chi connectivity index (χ2v) is 8.87. The molecule has 0 radical (unpaired) electrons. The summed E-state index contributed by atoms with van der Waals surface area (Å²) in [6, 6.07) is -8.86. The van der Waals surface area contributed by atoms with Crippen molar-refractivity contribution in [2.24, 2.45) is 0 Å². The lowest BCUT2D eigenvalue weighted by Crippen LogP contribution is -1.92. The Bertz CT molecular complexity index is 3350. The zero-order valence-corrected chi connectivity index (χ0v) is 20.4. The highest BCUT2D eigenvalue weighted by molar-refractivity contribution is 6.24. The summed E-state index contributed by atoms with van der Waals surface area (Å²) < 4.78 is 189. The number of fused-ring (bicyclic) bond motifs is 4. The summed E-state index contributed by atoms with van der Waals surface area (Å²) >= 11 is 0. The lowest BCUT2D eigenvalue weighted by Gasteiger charge is -2.20. The van der Waals surface area contributed by atoms with Crippen molar-refractivity contribution in [1.29, 1.82) is 0 Å². The Morgan fingerprint density at radius 3 is 1.80 bits per heavy atom. The molecule has 0 spiro atoms. The normalized spacial score (nSPS) is 18.9. The maximum atomic E-state index is 9.86. The summed E-state index contributed by atoms with van der Waals surface area (Å²) in [7, 11) is 0. The van der Waals surface area contributed by atoms with Gasteiger partial charge < -0.3 is 0 Å². The molecular weight excluding hydrogens is 480 g/mol. The van der Waals surface area contributed by atoms with Crippen molar-refractivity contribution in [3.63, 3.8) is 0 Å². The van der Waals surface area contributed by atoms with E-state index >= 15 is 0 Å². The molecule has 8 rings (SSSR count). The minimum absolute atomic E-state index is 0.210. The SMILES string of the molecule is [2H]c1c([2H])c([2H])c2c([2H])c(-c3c4c([2H])c([2H])c([2H])c([2H])c4c(-c4c([2H])c([2H])c([2H])c5c([2H])c([2H])c([2H])c([2H])c45)c4c([2H])c([2H])c(-c5ccccc5)c([2H])c34)c([2H])c([2H])c2c1[2H]. The van der Waals surface area contributed by atoms with Crippen LogP contribution in [0.25, 0.3) is 76.5 Å². The average molecular weight is 528 g/mol. The molecule has 8 aromatic rings. The van der Waals surface area contributed by atoms with E-state index in [4.69, 9.17) is 17.8 Å². The van der Waals surface area contributed by atoms with Crippen LogP contribution in [0.1, 0.15) is 28.8 Å². The van der Waals surface area contributed by atoms with Crippen LogP contribution in [-0.4, -0.2) is 0 Å². The van der Waals surface area contributed by atoms with Crippen LogP contribution in [0.4, 0.5) is 0 Å². The zero-order chi connectivity index (χ0) is 44.7. The Kier molecular flexibility index (Phi) is 2.32. The fourth-order valence-corrected chi connectivity index (χ4v) is 4.87. The van der Waals surface area contributed by atoms with E-state index in [2.05, 4.69) is 0 Å². The van der Waals surface area contributed by atoms with Gasteiger partial charge in [0.25, 0.3) is 0 Å². The molecule has 0 heterocycles. The predicted octanol–water partition coefficient (Wildman–Crippen LogP) is 11.3. The molecule has 8 aromatic carbocycles. The monoisotopic (exact) mass is 527 g/mol. The third-order valence-corrected chi connectivity index (χ3v) is 6.62. The van der Waals surface area contributed by atoms with Crippen molar-refractivity contribution in [2.45, 2.75) is 0 Å². The van der Waals surface area contributed by atoms with E-state index < -0.39 is 192 Å². The van der Waals surface area contributed by atoms with Crippen LogP contribution in [0.3, 0.4) is 0 Å². The van der Waals surface area contributed by atoms with Crippen molar-refractivity contribution in [2.75, 3.05) is 0 Å². The Labute approximate surface area is 263 Å². The Morgan fingerprint density at radius 1 is 0.350 bits per heavy atom. The van der Waals surface area contributed by atoms with E-state index in [1.54, 1.807) is 18.2 Å². The van der Waals surface area contributed by atoms with Gasteiger partial charge in [0, 0.05) is 0 Å². The lowest BCUT2D eigenvalue weighted by atomic mass is 9.83. The van der Waals surface area contributed by atoms with Gasteiger partial charge in [-0.1, -0.05) is 145 Å². The smallest absolute Gasteiger partial charge is 0.0622 e. The molecule has 0 bridgehead atoms. The van der Waals surface area contributed by atoms with E-state index in [9.17, 15) is 11.0 Å². The van der Waals surface area contributed by atoms with Crippen LogP contribution >= 0.6 is 0 Å². The first-order valence-electron chi connectivity index (χ1n) is 22.7. The number of rotatable bonds is 3. The van der Waals surface area contributed by atoms with Crippen molar-refractivity contribution in [1.82, 2.24) is 0 Å². The fourth-order valence-electron chi connectivity index (χ4n) is 4.87. The molecule has 0 saturated heterocycles. The average Bonchev–Trinajstić information content (AvgIpc) is 3.24. The summed E-state index contributed by atoms with van der Waals surface area (Å²) in [6.45, 7) is 0. The molecule has 0 aliphatic heterocycles. The second kappa shape index (κ2) is 9.22. The molecule has 0 saturated carbocycles. The van der Waals surface area contributed by atoms with E-state index in [1.807, 2.05) is 0 Å². The Hall–Kier alpha value is -5.20. The molecule has 0 nitrogen and oxygen atoms in total. The largest absolute Gasteiger partial charge is 0.0636 e. The Balaban J connectivity index is 1.83. The predicted molar refractivity (Wildman–Crippen MR) is 173 cm³/mol. The maximum absolute atomic E-state index is 9.86. The summed E-state index contributed by atoms with van der Waals surface area (Å²) in [4.78, 5) is 0. The van der Waals surface area contributed by atoms with E-state index in [0.29, 0.717) is 0 Å². The molecule has 186 valence electrons. The topological polar surface area (TPSA) is 0 Å². The summed E-state index contributed by atoms with van der Waals surface area (Å²) in [5.74, 6) is 0. The van der Waals surface area contributed by atoms with Gasteiger partial charge in [-0.25, -0.2) is 0 Å². The zero-order valence-electron chi connectivity index (χ0n) is 41.4. The van der Waals surface area contributed by atoms with Gasteiger partial charge in [0.1, 0.15) is 0 Å². The van der Waals surface area contributed by atoms with Crippen LogP contribution in [0.5, 0.6) is 0 Å². The first-order chi connectivity index (χ1) is 28.6. The van der Waals surface area contributed by atoms with E-state index in [-0.39, 0.29) is 11.1 Å². The number of hydrogen-bond donors (Lipinski definition) is 0.